The number of methoxy groups -OCH3 is 1. The van der Waals surface area contributed by atoms with Gasteiger partial charge in [-0.15, -0.1) is 0 Å². The van der Waals surface area contributed by atoms with E-state index in [0.29, 0.717) is 12.8 Å². The van der Waals surface area contributed by atoms with Crippen molar-refractivity contribution >= 4 is 30.8 Å². The van der Waals surface area contributed by atoms with E-state index < -0.39 is 14.5 Å². The number of esters is 1. The molecule has 3 aromatic rings. The predicted octanol–water partition coefficient (Wildman–Crippen LogP) is 6.20. The van der Waals surface area contributed by atoms with Crippen molar-refractivity contribution in [3.05, 3.63) is 109 Å². The van der Waals surface area contributed by atoms with Gasteiger partial charge in [0.1, 0.15) is 12.8 Å². The average molecular weight is 572 g/mol. The van der Waals surface area contributed by atoms with E-state index in [2.05, 4.69) is 69.3 Å². The third-order valence-electron chi connectivity index (χ3n) is 7.68. The topological polar surface area (TPSA) is 65.1 Å². The number of likely N-dealkylation sites (tertiary alicyclic amines) is 1. The van der Waals surface area contributed by atoms with Crippen LogP contribution in [0.25, 0.3) is 0 Å². The number of hydrogen-bond acceptors (Lipinski definition) is 5. The molecule has 0 N–H and O–H groups in total. The highest BCUT2D eigenvalue weighted by Gasteiger charge is 2.54. The van der Waals surface area contributed by atoms with Crippen LogP contribution in [0.1, 0.15) is 52.0 Å². The van der Waals surface area contributed by atoms with Gasteiger partial charge in [0.15, 0.2) is 0 Å². The summed E-state index contributed by atoms with van der Waals surface area (Å²) >= 11 is 0. The van der Waals surface area contributed by atoms with Crippen LogP contribution < -0.4 is 10.4 Å². The Bertz CT molecular complexity index is 1250. The summed E-state index contributed by atoms with van der Waals surface area (Å²) in [6, 6.07) is 30.5. The molecular weight excluding hydrogens is 530 g/mol. The van der Waals surface area contributed by atoms with E-state index >= 15 is 0 Å². The molecule has 2 atom stereocenters. The summed E-state index contributed by atoms with van der Waals surface area (Å²) < 4.78 is 18.0. The van der Waals surface area contributed by atoms with Crippen molar-refractivity contribution < 1.29 is 23.5 Å². The summed E-state index contributed by atoms with van der Waals surface area (Å²) in [5.41, 5.74) is 0.930. The summed E-state index contributed by atoms with van der Waals surface area (Å²) in [6.45, 7) is 6.89. The lowest BCUT2D eigenvalue weighted by molar-refractivity contribution is -0.139. The van der Waals surface area contributed by atoms with Gasteiger partial charge in [0.25, 0.3) is 8.32 Å². The Morgan fingerprint density at radius 1 is 0.854 bits per heavy atom. The van der Waals surface area contributed by atoms with Crippen molar-refractivity contribution in [1.29, 1.82) is 0 Å². The molecule has 7 heteroatoms. The molecule has 1 saturated heterocycles. The van der Waals surface area contributed by atoms with E-state index in [1.54, 1.807) is 11.0 Å². The van der Waals surface area contributed by atoms with Crippen molar-refractivity contribution in [2.24, 2.45) is 0 Å². The number of ether oxygens (including phenoxy) is 2. The van der Waals surface area contributed by atoms with Crippen LogP contribution in [0.2, 0.25) is 5.04 Å². The smallest absolute Gasteiger partial charge is 0.412 e. The highest BCUT2D eigenvalue weighted by molar-refractivity contribution is 6.99. The summed E-state index contributed by atoms with van der Waals surface area (Å²) in [5.74, 6) is -0.292. The molecule has 216 valence electrons. The molecule has 41 heavy (non-hydrogen) atoms. The molecule has 4 rings (SSSR count). The van der Waals surface area contributed by atoms with Gasteiger partial charge in [0.2, 0.25) is 0 Å². The molecule has 1 amide bonds. The molecule has 0 radical (unpaired) electrons. The zero-order valence-corrected chi connectivity index (χ0v) is 25.5. The van der Waals surface area contributed by atoms with Gasteiger partial charge in [0, 0.05) is 6.04 Å². The number of nitrogens with zero attached hydrogens (tertiary/aromatic N) is 1. The Morgan fingerprint density at radius 3 is 1.95 bits per heavy atom. The molecule has 0 saturated carbocycles. The van der Waals surface area contributed by atoms with Gasteiger partial charge in [-0.05, 0) is 40.2 Å². The first kappa shape index (κ1) is 30.3. The molecule has 1 heterocycles. The Labute approximate surface area is 245 Å². The van der Waals surface area contributed by atoms with Crippen LogP contribution in [0.5, 0.6) is 0 Å². The molecule has 1 aliphatic rings. The van der Waals surface area contributed by atoms with Gasteiger partial charge < -0.3 is 13.9 Å². The molecule has 1 aliphatic heterocycles. The number of hydrogen-bond donors (Lipinski definition) is 0. The standard InChI is InChI=1S/C34H41NO5Si/c1-34(2,3)41(29-19-10-6-11-20-29,30-21-12-7-13-22-30)40-31-25-24-28(18-14-15-23-32(36)38-4)35(31)33(37)39-26-27-16-8-5-9-17-27/h5-17,19-22,28,31H,18,23-26H2,1-4H3/b15-14-/t28-,31-/m1/s1. The van der Waals surface area contributed by atoms with Gasteiger partial charge in [-0.3, -0.25) is 9.69 Å². The SMILES string of the molecule is COC(=O)C/C=C\C[C@@H]1CC[C@@H](O[Si](c2ccccc2)(c2ccccc2)C(C)(C)C)N1C(=O)OCc1ccccc1. The highest BCUT2D eigenvalue weighted by Crippen LogP contribution is 2.40. The molecule has 3 aromatic carbocycles. The summed E-state index contributed by atoms with van der Waals surface area (Å²) in [4.78, 5) is 27.2. The maximum Gasteiger partial charge on any atom is 0.412 e. The summed E-state index contributed by atoms with van der Waals surface area (Å²) in [5, 5.41) is 2.10. The molecule has 0 aromatic heterocycles. The van der Waals surface area contributed by atoms with Crippen LogP contribution in [0.15, 0.2) is 103 Å². The molecular formula is C34H41NO5Si. The van der Waals surface area contributed by atoms with Gasteiger partial charge in [-0.1, -0.05) is 124 Å². The largest absolute Gasteiger partial charge is 0.469 e. The first-order chi connectivity index (χ1) is 19.8. The van der Waals surface area contributed by atoms with Gasteiger partial charge >= 0.3 is 12.1 Å². The van der Waals surface area contributed by atoms with E-state index in [1.807, 2.05) is 48.5 Å². The monoisotopic (exact) mass is 571 g/mol. The maximum atomic E-state index is 13.8. The lowest BCUT2D eigenvalue weighted by atomic mass is 10.1. The number of carbonyl (C=O) groups is 2. The Hall–Kier alpha value is -3.68. The molecule has 0 unspecified atom stereocenters. The van der Waals surface area contributed by atoms with E-state index in [0.717, 1.165) is 22.4 Å². The van der Waals surface area contributed by atoms with Crippen LogP contribution in [0, 0.1) is 0 Å². The summed E-state index contributed by atoms with van der Waals surface area (Å²) in [7, 11) is -1.53. The second kappa shape index (κ2) is 13.8. The number of rotatable bonds is 10. The fourth-order valence-corrected chi connectivity index (χ4v) is 10.3. The lowest BCUT2D eigenvalue weighted by Gasteiger charge is -2.46. The first-order valence-corrected chi connectivity index (χ1v) is 16.2. The molecule has 0 aliphatic carbocycles. The molecule has 0 bridgehead atoms. The normalized spacial score (nSPS) is 17.5. The maximum absolute atomic E-state index is 13.8. The van der Waals surface area contributed by atoms with Crippen molar-refractivity contribution in [3.8, 4) is 0 Å². The van der Waals surface area contributed by atoms with Crippen LogP contribution in [0.4, 0.5) is 4.79 Å². The third kappa shape index (κ3) is 7.15. The van der Waals surface area contributed by atoms with Gasteiger partial charge in [0.05, 0.1) is 13.5 Å². The quantitative estimate of drug-likeness (QED) is 0.165. The van der Waals surface area contributed by atoms with Crippen LogP contribution >= 0.6 is 0 Å². The minimum absolute atomic E-state index is 0.115. The molecule has 1 fully saturated rings. The van der Waals surface area contributed by atoms with Crippen LogP contribution in [0.3, 0.4) is 0 Å². The number of amides is 1. The average Bonchev–Trinajstić information content (AvgIpc) is 3.39. The second-order valence-electron chi connectivity index (χ2n) is 11.4. The first-order valence-electron chi connectivity index (χ1n) is 14.3. The fraction of sp³-hybridized carbons (Fsp3) is 0.353. The van der Waals surface area contributed by atoms with Crippen molar-refractivity contribution in [2.45, 2.75) is 70.4 Å². The molecule has 0 spiro atoms. The van der Waals surface area contributed by atoms with E-state index in [1.165, 1.54) is 7.11 Å². The predicted molar refractivity (Wildman–Crippen MR) is 164 cm³/mol. The van der Waals surface area contributed by atoms with E-state index in [9.17, 15) is 9.59 Å². The lowest BCUT2D eigenvalue weighted by Crippen LogP contribution is -2.68. The van der Waals surface area contributed by atoms with E-state index in [4.69, 9.17) is 13.9 Å². The van der Waals surface area contributed by atoms with Crippen LogP contribution in [-0.4, -0.2) is 44.7 Å². The highest BCUT2D eigenvalue weighted by atomic mass is 28.4. The van der Waals surface area contributed by atoms with Crippen molar-refractivity contribution in [1.82, 2.24) is 4.90 Å². The third-order valence-corrected chi connectivity index (χ3v) is 12.7. The summed E-state index contributed by atoms with van der Waals surface area (Å²) in [6.07, 6.45) is 5.16. The Balaban J connectivity index is 1.68. The van der Waals surface area contributed by atoms with Gasteiger partial charge in [-0.2, -0.15) is 0 Å². The van der Waals surface area contributed by atoms with Crippen molar-refractivity contribution in [2.75, 3.05) is 7.11 Å². The zero-order chi connectivity index (χ0) is 29.3. The number of benzene rings is 3. The fourth-order valence-electron chi connectivity index (χ4n) is 5.67. The Kier molecular flexibility index (Phi) is 10.2. The van der Waals surface area contributed by atoms with Crippen molar-refractivity contribution in [3.63, 3.8) is 0 Å². The van der Waals surface area contributed by atoms with Gasteiger partial charge in [-0.25, -0.2) is 4.79 Å². The zero-order valence-electron chi connectivity index (χ0n) is 24.5. The Morgan fingerprint density at radius 2 is 1.41 bits per heavy atom. The molecule has 6 nitrogen and oxygen atoms in total. The second-order valence-corrected chi connectivity index (χ2v) is 15.7. The minimum atomic E-state index is -2.91. The van der Waals surface area contributed by atoms with E-state index in [-0.39, 0.29) is 36.2 Å². The number of carbonyl (C=O) groups excluding carboxylic acids is 2. The van der Waals surface area contributed by atoms with Crippen LogP contribution in [-0.2, 0) is 25.3 Å². The minimum Gasteiger partial charge on any atom is -0.469 e.